The first-order chi connectivity index (χ1) is 11.0. The molecule has 126 valence electrons. The Bertz CT molecular complexity index is 537. The van der Waals surface area contributed by atoms with Crippen LogP contribution < -0.4 is 11.5 Å². The van der Waals surface area contributed by atoms with Gasteiger partial charge in [0.1, 0.15) is 6.04 Å². The first-order valence-electron chi connectivity index (χ1n) is 7.40. The molecule has 6 N–H and O–H groups in total. The number of fused-ring (bicyclic) bond motifs is 1. The van der Waals surface area contributed by atoms with E-state index in [1.807, 2.05) is 29.3 Å². The Labute approximate surface area is 135 Å². The maximum Gasteiger partial charge on any atom is 0.320 e. The van der Waals surface area contributed by atoms with Crippen molar-refractivity contribution in [1.29, 1.82) is 0 Å². The molecule has 0 aromatic carbocycles. The summed E-state index contributed by atoms with van der Waals surface area (Å²) >= 11 is 0. The highest BCUT2D eigenvalue weighted by molar-refractivity contribution is 5.75. The fraction of sp³-hybridized carbons (Fsp3) is 0.375. The van der Waals surface area contributed by atoms with Crippen molar-refractivity contribution in [3.05, 3.63) is 48.5 Å². The second-order valence-electron chi connectivity index (χ2n) is 5.13. The minimum absolute atomic E-state index is 0.498. The molecule has 2 aliphatic rings. The van der Waals surface area contributed by atoms with Crippen LogP contribution in [0, 0.1) is 5.92 Å². The molecule has 0 fully saturated rings. The quantitative estimate of drug-likeness (QED) is 0.537. The maximum atomic E-state index is 10.7. The van der Waals surface area contributed by atoms with E-state index in [4.69, 9.17) is 21.7 Å². The number of carboxylic acid groups (broad SMARTS) is 2. The Morgan fingerprint density at radius 1 is 1.22 bits per heavy atom. The topological polar surface area (TPSA) is 130 Å². The van der Waals surface area contributed by atoms with Gasteiger partial charge in [0.25, 0.3) is 0 Å². The van der Waals surface area contributed by atoms with Crippen LogP contribution in [0.3, 0.4) is 0 Å². The van der Waals surface area contributed by atoms with Crippen molar-refractivity contribution in [2.75, 3.05) is 6.54 Å². The van der Waals surface area contributed by atoms with Crippen LogP contribution in [0.15, 0.2) is 48.5 Å². The van der Waals surface area contributed by atoms with E-state index in [-0.39, 0.29) is 0 Å². The van der Waals surface area contributed by atoms with Crippen LogP contribution in [-0.2, 0) is 9.59 Å². The summed E-state index contributed by atoms with van der Waals surface area (Å²) in [6, 6.07) is -0.716. The van der Waals surface area contributed by atoms with Gasteiger partial charge < -0.3 is 26.6 Å². The number of nitrogens with zero attached hydrogens (tertiary/aromatic N) is 1. The van der Waals surface area contributed by atoms with Crippen molar-refractivity contribution in [3.63, 3.8) is 0 Å². The van der Waals surface area contributed by atoms with Gasteiger partial charge in [-0.2, -0.15) is 0 Å². The van der Waals surface area contributed by atoms with E-state index in [0.717, 1.165) is 18.5 Å². The number of nitrogens with two attached hydrogens (primary N) is 2. The minimum atomic E-state index is -0.933. The summed E-state index contributed by atoms with van der Waals surface area (Å²) in [5.41, 5.74) is 11.3. The summed E-state index contributed by atoms with van der Waals surface area (Å²) in [4.78, 5) is 22.7. The highest BCUT2D eigenvalue weighted by Gasteiger charge is 2.17. The number of carboxylic acids is 2. The van der Waals surface area contributed by atoms with E-state index in [1.165, 1.54) is 0 Å². The zero-order valence-electron chi connectivity index (χ0n) is 12.8. The van der Waals surface area contributed by atoms with Gasteiger partial charge in [0, 0.05) is 18.1 Å². The molecule has 0 aromatic heterocycles. The van der Waals surface area contributed by atoms with Gasteiger partial charge in [-0.05, 0) is 43.7 Å². The van der Waals surface area contributed by atoms with Gasteiger partial charge in [-0.1, -0.05) is 12.5 Å². The number of rotatable bonds is 6. The van der Waals surface area contributed by atoms with E-state index in [9.17, 15) is 9.59 Å². The monoisotopic (exact) mass is 321 g/mol. The molecule has 0 aliphatic carbocycles. The Balaban J connectivity index is 0.000000241. The molecule has 7 heteroatoms. The standard InChI is InChI=1S/C10H9NO2.C6H14N2O2/c12-10(13)8-4-6-11-5-2-1-3-9(11)7-8;7-4-2-1-3-5(8)6(9)10/h1-8H,(H,12,13);5H,1-4,7-8H2,(H,9,10)/t;5-/m.0/s1. The Kier molecular flexibility index (Phi) is 7.79. The molecule has 0 saturated heterocycles. The number of hydrogen-bond donors (Lipinski definition) is 4. The van der Waals surface area contributed by atoms with Crippen LogP contribution in [0.5, 0.6) is 0 Å². The largest absolute Gasteiger partial charge is 0.481 e. The molecule has 2 rings (SSSR count). The van der Waals surface area contributed by atoms with E-state index >= 15 is 0 Å². The molecule has 7 nitrogen and oxygen atoms in total. The van der Waals surface area contributed by atoms with Crippen molar-refractivity contribution in [2.45, 2.75) is 25.3 Å². The number of carbonyl (C=O) groups is 2. The Morgan fingerprint density at radius 2 is 1.96 bits per heavy atom. The van der Waals surface area contributed by atoms with Gasteiger partial charge in [0.2, 0.25) is 0 Å². The Morgan fingerprint density at radius 3 is 2.57 bits per heavy atom. The fourth-order valence-corrected chi connectivity index (χ4v) is 1.96. The lowest BCUT2D eigenvalue weighted by molar-refractivity contribution is -0.139. The van der Waals surface area contributed by atoms with Crippen LogP contribution in [0.25, 0.3) is 0 Å². The first-order valence-corrected chi connectivity index (χ1v) is 7.40. The predicted octanol–water partition coefficient (Wildman–Crippen LogP) is 1.01. The number of allylic oxidation sites excluding steroid dienone is 3. The lowest BCUT2D eigenvalue weighted by atomic mass is 10.0. The van der Waals surface area contributed by atoms with E-state index in [1.54, 1.807) is 18.4 Å². The van der Waals surface area contributed by atoms with E-state index in [0.29, 0.717) is 13.0 Å². The summed E-state index contributed by atoms with van der Waals surface area (Å²) in [5.74, 6) is -2.24. The van der Waals surface area contributed by atoms with E-state index < -0.39 is 23.9 Å². The summed E-state index contributed by atoms with van der Waals surface area (Å²) < 4.78 is 0. The smallest absolute Gasteiger partial charge is 0.320 e. The third-order valence-electron chi connectivity index (χ3n) is 3.30. The molecule has 0 spiro atoms. The highest BCUT2D eigenvalue weighted by atomic mass is 16.4. The zero-order valence-corrected chi connectivity index (χ0v) is 12.8. The molecule has 0 radical (unpaired) electrons. The van der Waals surface area contributed by atoms with Crippen molar-refractivity contribution in [3.8, 4) is 0 Å². The van der Waals surface area contributed by atoms with Crippen molar-refractivity contribution in [2.24, 2.45) is 17.4 Å². The van der Waals surface area contributed by atoms with E-state index in [2.05, 4.69) is 0 Å². The van der Waals surface area contributed by atoms with Crippen LogP contribution in [0.4, 0.5) is 0 Å². The summed E-state index contributed by atoms with van der Waals surface area (Å²) in [6.45, 7) is 0.604. The van der Waals surface area contributed by atoms with Gasteiger partial charge in [0.15, 0.2) is 0 Å². The SMILES string of the molecule is NCCCC[C@H](N)C(=O)O.O=C(O)C1C=CN2C=CC=CC2=C1. The third-order valence-corrected chi connectivity index (χ3v) is 3.30. The summed E-state index contributed by atoms with van der Waals surface area (Å²) in [5, 5.41) is 17.1. The Hall–Kier alpha value is -2.38. The molecule has 0 bridgehead atoms. The van der Waals surface area contributed by atoms with Crippen LogP contribution in [-0.4, -0.2) is 39.6 Å². The number of unbranched alkanes of at least 4 members (excludes halogenated alkanes) is 1. The third kappa shape index (κ3) is 6.50. The normalized spacial score (nSPS) is 19.3. The van der Waals surface area contributed by atoms with Gasteiger partial charge in [-0.3, -0.25) is 9.59 Å². The van der Waals surface area contributed by atoms with Gasteiger partial charge in [-0.15, -0.1) is 0 Å². The average Bonchev–Trinajstić information content (AvgIpc) is 2.55. The second kappa shape index (κ2) is 9.60. The van der Waals surface area contributed by atoms with Crippen LogP contribution in [0.2, 0.25) is 0 Å². The van der Waals surface area contributed by atoms with Crippen LogP contribution in [0.1, 0.15) is 19.3 Å². The lowest BCUT2D eigenvalue weighted by Crippen LogP contribution is -2.29. The summed E-state index contributed by atoms with van der Waals surface area (Å²) in [7, 11) is 0. The molecule has 0 aromatic rings. The number of hydrogen-bond acceptors (Lipinski definition) is 5. The minimum Gasteiger partial charge on any atom is -0.481 e. The van der Waals surface area contributed by atoms with Crippen LogP contribution >= 0.6 is 0 Å². The average molecular weight is 321 g/mol. The molecule has 2 atom stereocenters. The van der Waals surface area contributed by atoms with Crippen molar-refractivity contribution in [1.82, 2.24) is 4.90 Å². The predicted molar refractivity (Wildman–Crippen MR) is 87.0 cm³/mol. The molecule has 0 saturated carbocycles. The van der Waals surface area contributed by atoms with Crippen molar-refractivity contribution >= 4 is 11.9 Å². The molecular weight excluding hydrogens is 298 g/mol. The molecule has 0 amide bonds. The van der Waals surface area contributed by atoms with Crippen molar-refractivity contribution < 1.29 is 19.8 Å². The molecular formula is C16H23N3O4. The lowest BCUT2D eigenvalue weighted by Gasteiger charge is -2.24. The van der Waals surface area contributed by atoms with Gasteiger partial charge in [0.05, 0.1) is 5.92 Å². The zero-order chi connectivity index (χ0) is 17.2. The molecule has 2 heterocycles. The maximum absolute atomic E-state index is 10.7. The van der Waals surface area contributed by atoms with Gasteiger partial charge >= 0.3 is 11.9 Å². The molecule has 2 aliphatic heterocycles. The number of aliphatic carboxylic acids is 2. The first kappa shape index (κ1) is 18.7. The molecule has 23 heavy (non-hydrogen) atoms. The molecule has 1 unspecified atom stereocenters. The highest BCUT2D eigenvalue weighted by Crippen LogP contribution is 2.21. The second-order valence-corrected chi connectivity index (χ2v) is 5.13. The fourth-order valence-electron chi connectivity index (χ4n) is 1.96. The summed E-state index contributed by atoms with van der Waals surface area (Å²) in [6.07, 6.45) is 14.9. The van der Waals surface area contributed by atoms with Gasteiger partial charge in [-0.25, -0.2) is 0 Å².